The lowest BCUT2D eigenvalue weighted by Gasteiger charge is -2.14. The van der Waals surface area contributed by atoms with Crippen LogP contribution in [0.1, 0.15) is 16.5 Å². The second kappa shape index (κ2) is 3.36. The van der Waals surface area contributed by atoms with E-state index in [1.54, 1.807) is 6.07 Å². The molecule has 0 aliphatic rings. The Kier molecular flexibility index (Phi) is 2.59. The number of nitriles is 1. The number of nitrogens with zero attached hydrogens (tertiary/aromatic N) is 1. The lowest BCUT2D eigenvalue weighted by atomic mass is 10.1. The Morgan fingerprint density at radius 1 is 1.54 bits per heavy atom. The molecule has 0 aliphatic carbocycles. The summed E-state index contributed by atoms with van der Waals surface area (Å²) >= 11 is 0.953. The van der Waals surface area contributed by atoms with Crippen molar-refractivity contribution >= 4 is 11.3 Å². The SMILES string of the molecule is N#Cc1sccc1[C@H](N)C(F)(F)F. The van der Waals surface area contributed by atoms with Crippen LogP contribution in [0.3, 0.4) is 0 Å². The standard InChI is InChI=1S/C7H5F3N2S/c8-7(9,10)6(12)4-1-2-13-5(4)3-11/h1-2,6H,12H2/t6-/m0/s1. The summed E-state index contributed by atoms with van der Waals surface area (Å²) in [6, 6.07) is 0.829. The minimum absolute atomic E-state index is 0.0184. The Labute approximate surface area is 76.4 Å². The molecule has 0 aliphatic heterocycles. The van der Waals surface area contributed by atoms with Gasteiger partial charge in [-0.2, -0.15) is 18.4 Å². The van der Waals surface area contributed by atoms with Crippen LogP contribution in [-0.2, 0) is 0 Å². The third-order valence-corrected chi connectivity index (χ3v) is 2.32. The van der Waals surface area contributed by atoms with Gasteiger partial charge in [-0.3, -0.25) is 0 Å². The van der Waals surface area contributed by atoms with Crippen molar-refractivity contribution in [1.29, 1.82) is 5.26 Å². The molecule has 1 atom stereocenters. The van der Waals surface area contributed by atoms with Crippen LogP contribution in [0.25, 0.3) is 0 Å². The van der Waals surface area contributed by atoms with Gasteiger partial charge in [0.2, 0.25) is 0 Å². The molecule has 0 amide bonds. The van der Waals surface area contributed by atoms with Crippen molar-refractivity contribution < 1.29 is 13.2 Å². The van der Waals surface area contributed by atoms with Crippen LogP contribution in [0, 0.1) is 11.3 Å². The normalized spacial score (nSPS) is 13.8. The summed E-state index contributed by atoms with van der Waals surface area (Å²) in [5.41, 5.74) is 4.77. The number of alkyl halides is 3. The van der Waals surface area contributed by atoms with Crippen molar-refractivity contribution in [2.75, 3.05) is 0 Å². The zero-order valence-electron chi connectivity index (χ0n) is 6.30. The molecule has 0 fully saturated rings. The van der Waals surface area contributed by atoms with E-state index in [2.05, 4.69) is 0 Å². The molecule has 0 saturated carbocycles. The monoisotopic (exact) mass is 206 g/mol. The highest BCUT2D eigenvalue weighted by Gasteiger charge is 2.39. The quantitative estimate of drug-likeness (QED) is 0.765. The summed E-state index contributed by atoms with van der Waals surface area (Å²) in [5, 5.41) is 9.88. The molecule has 1 rings (SSSR count). The molecule has 13 heavy (non-hydrogen) atoms. The average molecular weight is 206 g/mol. The molecule has 0 unspecified atom stereocenters. The summed E-state index contributed by atoms with van der Waals surface area (Å²) in [7, 11) is 0. The van der Waals surface area contributed by atoms with Crippen molar-refractivity contribution in [1.82, 2.24) is 0 Å². The number of rotatable bonds is 1. The lowest BCUT2D eigenvalue weighted by molar-refractivity contribution is -0.149. The van der Waals surface area contributed by atoms with Crippen LogP contribution in [0.2, 0.25) is 0 Å². The highest BCUT2D eigenvalue weighted by atomic mass is 32.1. The number of hydrogen-bond acceptors (Lipinski definition) is 3. The average Bonchev–Trinajstić information content (AvgIpc) is 2.48. The predicted molar refractivity (Wildman–Crippen MR) is 42.0 cm³/mol. The fourth-order valence-corrected chi connectivity index (χ4v) is 1.57. The maximum atomic E-state index is 12.1. The van der Waals surface area contributed by atoms with E-state index in [-0.39, 0.29) is 10.4 Å². The van der Waals surface area contributed by atoms with Crippen molar-refractivity contribution in [2.24, 2.45) is 5.73 Å². The van der Waals surface area contributed by atoms with Gasteiger partial charge < -0.3 is 5.73 Å². The molecule has 0 saturated heterocycles. The molecular weight excluding hydrogens is 201 g/mol. The molecule has 1 heterocycles. The van der Waals surface area contributed by atoms with Crippen LogP contribution < -0.4 is 5.73 Å². The third kappa shape index (κ3) is 1.99. The molecule has 0 aromatic carbocycles. The Bertz CT molecular complexity index is 336. The van der Waals surface area contributed by atoms with Gasteiger partial charge in [0.15, 0.2) is 0 Å². The van der Waals surface area contributed by atoms with E-state index >= 15 is 0 Å². The molecule has 1 aromatic heterocycles. The largest absolute Gasteiger partial charge is 0.407 e. The van der Waals surface area contributed by atoms with E-state index in [1.165, 1.54) is 11.4 Å². The van der Waals surface area contributed by atoms with Crippen molar-refractivity contribution in [2.45, 2.75) is 12.2 Å². The minimum Gasteiger partial charge on any atom is -0.316 e. The zero-order chi connectivity index (χ0) is 10.1. The number of thiophene rings is 1. The van der Waals surface area contributed by atoms with Gasteiger partial charge in [-0.1, -0.05) is 0 Å². The van der Waals surface area contributed by atoms with E-state index in [1.807, 2.05) is 0 Å². The smallest absolute Gasteiger partial charge is 0.316 e. The van der Waals surface area contributed by atoms with Gasteiger partial charge in [0.05, 0.1) is 0 Å². The summed E-state index contributed by atoms with van der Waals surface area (Å²) in [4.78, 5) is 0.0184. The topological polar surface area (TPSA) is 49.8 Å². The van der Waals surface area contributed by atoms with Crippen LogP contribution in [-0.4, -0.2) is 6.18 Å². The van der Waals surface area contributed by atoms with Gasteiger partial charge in [-0.25, -0.2) is 0 Å². The van der Waals surface area contributed by atoms with Crippen LogP contribution in [0.15, 0.2) is 11.4 Å². The first kappa shape index (κ1) is 10.0. The lowest BCUT2D eigenvalue weighted by Crippen LogP contribution is -2.28. The fourth-order valence-electron chi connectivity index (χ4n) is 0.831. The summed E-state index contributed by atoms with van der Waals surface area (Å²) < 4.78 is 36.3. The molecule has 70 valence electrons. The fraction of sp³-hybridized carbons (Fsp3) is 0.286. The Morgan fingerprint density at radius 3 is 2.62 bits per heavy atom. The van der Waals surface area contributed by atoms with Crippen LogP contribution >= 0.6 is 11.3 Å². The first-order chi connectivity index (χ1) is 5.96. The van der Waals surface area contributed by atoms with Crippen LogP contribution in [0.4, 0.5) is 13.2 Å². The Morgan fingerprint density at radius 2 is 2.15 bits per heavy atom. The van der Waals surface area contributed by atoms with E-state index in [4.69, 9.17) is 11.0 Å². The second-order valence-corrected chi connectivity index (χ2v) is 3.25. The number of hydrogen-bond donors (Lipinski definition) is 1. The van der Waals surface area contributed by atoms with E-state index in [0.717, 1.165) is 11.3 Å². The highest BCUT2D eigenvalue weighted by molar-refractivity contribution is 7.10. The summed E-state index contributed by atoms with van der Waals surface area (Å²) in [6.07, 6.45) is -4.49. The molecule has 0 bridgehead atoms. The summed E-state index contributed by atoms with van der Waals surface area (Å²) in [5.74, 6) is 0. The Hall–Kier alpha value is -1.06. The van der Waals surface area contributed by atoms with Crippen molar-refractivity contribution in [3.63, 3.8) is 0 Å². The molecule has 2 N–H and O–H groups in total. The van der Waals surface area contributed by atoms with Crippen molar-refractivity contribution in [3.8, 4) is 6.07 Å². The van der Waals surface area contributed by atoms with Crippen molar-refractivity contribution in [3.05, 3.63) is 21.9 Å². The Balaban J connectivity index is 3.03. The minimum atomic E-state index is -4.49. The first-order valence-electron chi connectivity index (χ1n) is 3.26. The zero-order valence-corrected chi connectivity index (χ0v) is 7.12. The number of halogens is 3. The van der Waals surface area contributed by atoms with Gasteiger partial charge in [-0.15, -0.1) is 11.3 Å². The predicted octanol–water partition coefficient (Wildman–Crippen LogP) is 2.18. The first-order valence-corrected chi connectivity index (χ1v) is 4.14. The third-order valence-electron chi connectivity index (χ3n) is 1.48. The van der Waals surface area contributed by atoms with Gasteiger partial charge in [0, 0.05) is 5.56 Å². The molecule has 2 nitrogen and oxygen atoms in total. The highest BCUT2D eigenvalue weighted by Crippen LogP contribution is 2.33. The van der Waals surface area contributed by atoms with E-state index < -0.39 is 12.2 Å². The molecular formula is C7H5F3N2S. The maximum absolute atomic E-state index is 12.1. The van der Waals surface area contributed by atoms with Gasteiger partial charge in [-0.05, 0) is 11.4 Å². The van der Waals surface area contributed by atoms with Gasteiger partial charge in [0.25, 0.3) is 0 Å². The summed E-state index contributed by atoms with van der Waals surface area (Å²) in [6.45, 7) is 0. The van der Waals surface area contributed by atoms with E-state index in [9.17, 15) is 13.2 Å². The maximum Gasteiger partial charge on any atom is 0.407 e. The molecule has 1 aromatic rings. The van der Waals surface area contributed by atoms with Crippen LogP contribution in [0.5, 0.6) is 0 Å². The molecule has 0 radical (unpaired) electrons. The van der Waals surface area contributed by atoms with Gasteiger partial charge in [0.1, 0.15) is 17.0 Å². The number of nitrogens with two attached hydrogens (primary N) is 1. The molecule has 0 spiro atoms. The van der Waals surface area contributed by atoms with E-state index in [0.29, 0.717) is 0 Å². The second-order valence-electron chi connectivity index (χ2n) is 2.34. The van der Waals surface area contributed by atoms with Gasteiger partial charge >= 0.3 is 6.18 Å². The molecule has 6 heteroatoms.